The first kappa shape index (κ1) is 34.3. The zero-order valence-corrected chi connectivity index (χ0v) is 33.1. The predicted molar refractivity (Wildman–Crippen MR) is 252 cm³/mol. The Morgan fingerprint density at radius 1 is 0.367 bits per heavy atom. The van der Waals surface area contributed by atoms with Crippen LogP contribution >= 0.6 is 11.3 Å². The van der Waals surface area contributed by atoms with Crippen molar-refractivity contribution in [3.05, 3.63) is 206 Å². The Morgan fingerprint density at radius 2 is 0.950 bits per heavy atom. The quantitative estimate of drug-likeness (QED) is 0.169. The molecule has 0 saturated carbocycles. The zero-order chi connectivity index (χ0) is 39.6. The van der Waals surface area contributed by atoms with Gasteiger partial charge in [-0.15, -0.1) is 11.3 Å². The SMILES string of the molecule is c1ccc(-c2ccc3nc(-c4cccc(-c5cc(-c6cccc(-n7c8ccccc8c8ccccc87)c6)nc(-c6ccccc6)n5)c4)c4sc5ccccc5c4c3c2)cc1. The Bertz CT molecular complexity index is 3550. The lowest BCUT2D eigenvalue weighted by atomic mass is 9.98. The highest BCUT2D eigenvalue weighted by atomic mass is 32.1. The van der Waals surface area contributed by atoms with Gasteiger partial charge in [-0.25, -0.2) is 15.0 Å². The first-order valence-corrected chi connectivity index (χ1v) is 21.0. The van der Waals surface area contributed by atoms with Crippen LogP contribution in [-0.2, 0) is 0 Å². The zero-order valence-electron chi connectivity index (χ0n) is 32.3. The number of para-hydroxylation sites is 2. The van der Waals surface area contributed by atoms with Crippen LogP contribution in [0.15, 0.2) is 206 Å². The number of pyridine rings is 1. The van der Waals surface area contributed by atoms with E-state index >= 15 is 0 Å². The maximum atomic E-state index is 5.42. The van der Waals surface area contributed by atoms with Gasteiger partial charge in [0.2, 0.25) is 0 Å². The van der Waals surface area contributed by atoms with Gasteiger partial charge in [0.15, 0.2) is 5.82 Å². The standard InChI is InChI=1S/C55H34N4S/c1-3-15-35(16-4-1)37-29-30-46-45(33-37)52-44-25-9-12-28-51(44)60-54(52)53(56-46)40-21-13-19-38(31-40)47-34-48(58-55(57-47)36-17-5-2-6-18-36)39-20-14-22-41(32-39)59-49-26-10-7-23-42(49)43-24-8-11-27-50(43)59/h1-34H. The first-order valence-electron chi connectivity index (χ1n) is 20.2. The number of hydrogen-bond acceptors (Lipinski definition) is 4. The molecule has 8 aromatic carbocycles. The fourth-order valence-electron chi connectivity index (χ4n) is 8.78. The highest BCUT2D eigenvalue weighted by Gasteiger charge is 2.19. The van der Waals surface area contributed by atoms with Gasteiger partial charge in [-0.1, -0.05) is 152 Å². The summed E-state index contributed by atoms with van der Waals surface area (Å²) in [6.45, 7) is 0. The highest BCUT2D eigenvalue weighted by Crippen LogP contribution is 2.44. The third-order valence-electron chi connectivity index (χ3n) is 11.6. The molecule has 0 aliphatic carbocycles. The van der Waals surface area contributed by atoms with Gasteiger partial charge in [0, 0.05) is 59.6 Å². The van der Waals surface area contributed by atoms with Gasteiger partial charge in [-0.05, 0) is 65.7 Å². The van der Waals surface area contributed by atoms with Crippen LogP contribution in [-0.4, -0.2) is 19.5 Å². The van der Waals surface area contributed by atoms with Crippen LogP contribution in [0.1, 0.15) is 0 Å². The second-order valence-corrected chi connectivity index (χ2v) is 16.2. The number of rotatable bonds is 6. The van der Waals surface area contributed by atoms with E-state index in [9.17, 15) is 0 Å². The molecule has 280 valence electrons. The molecule has 0 fully saturated rings. The molecule has 0 radical (unpaired) electrons. The Morgan fingerprint density at radius 3 is 1.68 bits per heavy atom. The molecule has 0 saturated heterocycles. The number of hydrogen-bond donors (Lipinski definition) is 0. The van der Waals surface area contributed by atoms with E-state index < -0.39 is 0 Å². The summed E-state index contributed by atoms with van der Waals surface area (Å²) in [5, 5.41) is 6.14. The van der Waals surface area contributed by atoms with Crippen molar-refractivity contribution in [2.24, 2.45) is 0 Å². The summed E-state index contributed by atoms with van der Waals surface area (Å²) in [6.07, 6.45) is 0. The van der Waals surface area contributed by atoms with Crippen molar-refractivity contribution in [2.45, 2.75) is 0 Å². The lowest BCUT2D eigenvalue weighted by Crippen LogP contribution is -1.98. The molecule has 0 bridgehead atoms. The maximum absolute atomic E-state index is 5.42. The van der Waals surface area contributed by atoms with Crippen LogP contribution < -0.4 is 0 Å². The van der Waals surface area contributed by atoms with Crippen LogP contribution in [0.3, 0.4) is 0 Å². The average Bonchev–Trinajstić information content (AvgIpc) is 3.88. The summed E-state index contributed by atoms with van der Waals surface area (Å²) in [5.41, 5.74) is 13.5. The third kappa shape index (κ3) is 5.70. The predicted octanol–water partition coefficient (Wildman–Crippen LogP) is 14.8. The summed E-state index contributed by atoms with van der Waals surface area (Å²) in [7, 11) is 0. The van der Waals surface area contributed by atoms with Gasteiger partial charge in [0.25, 0.3) is 0 Å². The molecule has 0 amide bonds. The molecular formula is C55H34N4S. The molecule has 4 aromatic heterocycles. The molecule has 12 rings (SSSR count). The normalized spacial score (nSPS) is 11.7. The van der Waals surface area contributed by atoms with Crippen molar-refractivity contribution in [2.75, 3.05) is 0 Å². The van der Waals surface area contributed by atoms with E-state index in [-0.39, 0.29) is 0 Å². The topological polar surface area (TPSA) is 43.6 Å². The van der Waals surface area contributed by atoms with Crippen LogP contribution in [0.25, 0.3) is 115 Å². The van der Waals surface area contributed by atoms with Crippen molar-refractivity contribution in [3.8, 4) is 62.0 Å². The van der Waals surface area contributed by atoms with E-state index in [1.807, 2.05) is 29.5 Å². The molecule has 0 aliphatic heterocycles. The van der Waals surface area contributed by atoms with Crippen molar-refractivity contribution in [1.29, 1.82) is 0 Å². The van der Waals surface area contributed by atoms with E-state index in [1.54, 1.807) is 0 Å². The second kappa shape index (κ2) is 14.0. The summed E-state index contributed by atoms with van der Waals surface area (Å²) < 4.78 is 4.78. The van der Waals surface area contributed by atoms with Crippen LogP contribution in [0.5, 0.6) is 0 Å². The van der Waals surface area contributed by atoms with E-state index in [1.165, 1.54) is 58.5 Å². The number of fused-ring (bicyclic) bond motifs is 8. The van der Waals surface area contributed by atoms with E-state index in [4.69, 9.17) is 15.0 Å². The summed E-state index contributed by atoms with van der Waals surface area (Å²) >= 11 is 1.81. The Labute approximate surface area is 350 Å². The van der Waals surface area contributed by atoms with Gasteiger partial charge in [0.1, 0.15) is 0 Å². The molecule has 5 heteroatoms. The van der Waals surface area contributed by atoms with Crippen LogP contribution in [0, 0.1) is 0 Å². The molecule has 0 aliphatic rings. The Kier molecular flexibility index (Phi) is 8.00. The minimum absolute atomic E-state index is 0.681. The summed E-state index contributed by atoms with van der Waals surface area (Å²) in [4.78, 5) is 15.9. The van der Waals surface area contributed by atoms with E-state index in [2.05, 4.69) is 193 Å². The summed E-state index contributed by atoms with van der Waals surface area (Å²) in [5.74, 6) is 0.681. The van der Waals surface area contributed by atoms with Crippen LogP contribution in [0.2, 0.25) is 0 Å². The van der Waals surface area contributed by atoms with Gasteiger partial charge in [-0.3, -0.25) is 0 Å². The first-order chi connectivity index (χ1) is 29.7. The Hall–Kier alpha value is -7.73. The molecule has 0 spiro atoms. The molecule has 12 aromatic rings. The molecular weight excluding hydrogens is 749 g/mol. The van der Waals surface area contributed by atoms with Gasteiger partial charge in [0.05, 0.1) is 38.3 Å². The third-order valence-corrected chi connectivity index (χ3v) is 12.8. The van der Waals surface area contributed by atoms with Gasteiger partial charge < -0.3 is 4.57 Å². The Balaban J connectivity index is 1.02. The molecule has 0 N–H and O–H groups in total. The van der Waals surface area contributed by atoms with Gasteiger partial charge >= 0.3 is 0 Å². The minimum atomic E-state index is 0.681. The molecule has 4 nitrogen and oxygen atoms in total. The smallest absolute Gasteiger partial charge is 0.160 e. The number of nitrogens with zero attached hydrogens (tertiary/aromatic N) is 4. The fraction of sp³-hybridized carbons (Fsp3) is 0. The van der Waals surface area contributed by atoms with Crippen molar-refractivity contribution in [1.82, 2.24) is 19.5 Å². The molecule has 60 heavy (non-hydrogen) atoms. The largest absolute Gasteiger partial charge is 0.309 e. The van der Waals surface area contributed by atoms with Crippen molar-refractivity contribution >= 4 is 64.2 Å². The lowest BCUT2D eigenvalue weighted by Gasteiger charge is -2.13. The van der Waals surface area contributed by atoms with Crippen molar-refractivity contribution < 1.29 is 0 Å². The highest BCUT2D eigenvalue weighted by molar-refractivity contribution is 7.26. The maximum Gasteiger partial charge on any atom is 0.160 e. The lowest BCUT2D eigenvalue weighted by molar-refractivity contribution is 1.16. The number of benzene rings is 8. The number of aromatic nitrogens is 4. The van der Waals surface area contributed by atoms with Crippen LogP contribution in [0.4, 0.5) is 0 Å². The average molecular weight is 783 g/mol. The molecule has 4 heterocycles. The number of thiophene rings is 1. The fourth-order valence-corrected chi connectivity index (χ4v) is 10.0. The minimum Gasteiger partial charge on any atom is -0.309 e. The monoisotopic (exact) mass is 782 g/mol. The summed E-state index contributed by atoms with van der Waals surface area (Å²) in [6, 6.07) is 73.0. The van der Waals surface area contributed by atoms with E-state index in [0.29, 0.717) is 5.82 Å². The molecule has 0 unspecified atom stereocenters. The van der Waals surface area contributed by atoms with E-state index in [0.717, 1.165) is 50.5 Å². The molecule has 0 atom stereocenters. The van der Waals surface area contributed by atoms with Gasteiger partial charge in [-0.2, -0.15) is 0 Å². The van der Waals surface area contributed by atoms with Crippen molar-refractivity contribution in [3.63, 3.8) is 0 Å². The second-order valence-electron chi connectivity index (χ2n) is 15.2.